The highest BCUT2D eigenvalue weighted by Gasteiger charge is 2.58. The summed E-state index contributed by atoms with van der Waals surface area (Å²) >= 11 is 7.87. The van der Waals surface area contributed by atoms with E-state index in [1.54, 1.807) is 13.1 Å². The minimum Gasteiger partial charge on any atom is -0.443 e. The molecule has 2 unspecified atom stereocenters. The molecule has 2 atom stereocenters. The second-order valence-electron chi connectivity index (χ2n) is 7.82. The molecule has 1 aromatic rings. The van der Waals surface area contributed by atoms with Crippen LogP contribution in [0.25, 0.3) is 0 Å². The van der Waals surface area contributed by atoms with Gasteiger partial charge in [0.05, 0.1) is 10.5 Å². The van der Waals surface area contributed by atoms with E-state index in [-0.39, 0.29) is 11.6 Å². The van der Waals surface area contributed by atoms with Gasteiger partial charge >= 0.3 is 6.09 Å². The maximum absolute atomic E-state index is 12.4. The third-order valence-corrected chi connectivity index (χ3v) is 6.04. The zero-order chi connectivity index (χ0) is 20.0. The van der Waals surface area contributed by atoms with Gasteiger partial charge in [-0.2, -0.15) is 0 Å². The Bertz CT molecular complexity index is 823. The molecule has 3 rings (SSSR count). The first-order valence-corrected chi connectivity index (χ1v) is 10.0. The van der Waals surface area contributed by atoms with Crippen LogP contribution in [-0.4, -0.2) is 39.5 Å². The van der Waals surface area contributed by atoms with Crippen molar-refractivity contribution in [2.75, 3.05) is 12.8 Å². The van der Waals surface area contributed by atoms with Crippen LogP contribution in [0.15, 0.2) is 23.2 Å². The number of carbonyl (C=O) groups is 1. The molecule has 7 nitrogen and oxygen atoms in total. The second kappa shape index (κ2) is 6.98. The molecule has 146 valence electrons. The molecule has 0 spiro atoms. The molecule has 1 aliphatic heterocycles. The number of aliphatic imine (C=N–C) groups is 1. The van der Waals surface area contributed by atoms with E-state index in [4.69, 9.17) is 21.3 Å². The van der Waals surface area contributed by atoms with Crippen LogP contribution >= 0.6 is 23.4 Å². The van der Waals surface area contributed by atoms with Gasteiger partial charge in [-0.3, -0.25) is 20.0 Å². The molecule has 1 aromatic carbocycles. The van der Waals surface area contributed by atoms with Crippen molar-refractivity contribution < 1.29 is 14.5 Å². The molecule has 1 heterocycles. The van der Waals surface area contributed by atoms with Gasteiger partial charge in [0.15, 0.2) is 5.17 Å². The van der Waals surface area contributed by atoms with Gasteiger partial charge in [-0.15, -0.1) is 0 Å². The number of rotatable bonds is 2. The molecule has 1 saturated carbocycles. The summed E-state index contributed by atoms with van der Waals surface area (Å²) in [5, 5.41) is 12.2. The molecule has 2 aliphatic rings. The standard InChI is InChI=1S/C18H22ClN3O4S/c1-17(2,3)26-16(23)21(4)15-20-18(10-11(18)7-8-27-15)13-9-12(22(24)25)5-6-14(13)19/h5-6,9,11H,7-8,10H2,1-4H3. The van der Waals surface area contributed by atoms with Gasteiger partial charge in [0.1, 0.15) is 5.60 Å². The van der Waals surface area contributed by atoms with Crippen LogP contribution in [0.4, 0.5) is 10.5 Å². The van der Waals surface area contributed by atoms with Crippen LogP contribution in [-0.2, 0) is 10.3 Å². The van der Waals surface area contributed by atoms with E-state index in [0.29, 0.717) is 15.8 Å². The lowest BCUT2D eigenvalue weighted by Crippen LogP contribution is -2.37. The SMILES string of the molecule is CN(C(=O)OC(C)(C)C)C1=NC2(c3cc([N+](=O)[O-])ccc3Cl)CC2CCS1. The molecule has 0 saturated heterocycles. The van der Waals surface area contributed by atoms with E-state index < -0.39 is 22.2 Å². The fourth-order valence-corrected chi connectivity index (χ4v) is 4.58. The summed E-state index contributed by atoms with van der Waals surface area (Å²) in [6, 6.07) is 4.44. The first-order valence-electron chi connectivity index (χ1n) is 8.67. The Labute approximate surface area is 167 Å². The molecule has 1 fully saturated rings. The summed E-state index contributed by atoms with van der Waals surface area (Å²) in [7, 11) is 1.63. The zero-order valence-corrected chi connectivity index (χ0v) is 17.3. The number of nitro benzene ring substituents is 1. The van der Waals surface area contributed by atoms with Gasteiger partial charge in [-0.25, -0.2) is 4.79 Å². The quantitative estimate of drug-likeness (QED) is 0.514. The zero-order valence-electron chi connectivity index (χ0n) is 15.7. The van der Waals surface area contributed by atoms with Gasteiger partial charge in [0, 0.05) is 35.5 Å². The number of fused-ring (bicyclic) bond motifs is 1. The van der Waals surface area contributed by atoms with Gasteiger partial charge in [-0.1, -0.05) is 23.4 Å². The number of hydrogen-bond donors (Lipinski definition) is 0. The maximum Gasteiger partial charge on any atom is 0.416 e. The minimum atomic E-state index is -0.613. The Morgan fingerprint density at radius 1 is 1.48 bits per heavy atom. The first kappa shape index (κ1) is 19.9. The predicted octanol–water partition coefficient (Wildman–Crippen LogP) is 4.82. The molecular formula is C18H22ClN3O4S. The normalized spacial score (nSPS) is 24.3. The number of halogens is 1. The predicted molar refractivity (Wildman–Crippen MR) is 106 cm³/mol. The number of nitrogens with zero attached hydrogens (tertiary/aromatic N) is 3. The number of non-ortho nitro benzene ring substituents is 1. The number of amides is 1. The van der Waals surface area contributed by atoms with Crippen molar-refractivity contribution in [1.82, 2.24) is 4.90 Å². The van der Waals surface area contributed by atoms with Gasteiger partial charge < -0.3 is 4.74 Å². The molecule has 0 N–H and O–H groups in total. The lowest BCUT2D eigenvalue weighted by molar-refractivity contribution is -0.384. The Balaban J connectivity index is 1.96. The number of benzene rings is 1. The number of hydrogen-bond acceptors (Lipinski definition) is 6. The molecule has 27 heavy (non-hydrogen) atoms. The summed E-state index contributed by atoms with van der Waals surface area (Å²) < 4.78 is 5.43. The van der Waals surface area contributed by atoms with Crippen molar-refractivity contribution >= 4 is 40.3 Å². The molecule has 9 heteroatoms. The number of nitro groups is 1. The van der Waals surface area contributed by atoms with E-state index in [0.717, 1.165) is 18.6 Å². The molecule has 0 radical (unpaired) electrons. The highest BCUT2D eigenvalue weighted by atomic mass is 35.5. The molecule has 0 aromatic heterocycles. The minimum absolute atomic E-state index is 0.0106. The van der Waals surface area contributed by atoms with E-state index in [1.165, 1.54) is 28.8 Å². The summed E-state index contributed by atoms with van der Waals surface area (Å²) in [6.07, 6.45) is 1.19. The van der Waals surface area contributed by atoms with E-state index in [9.17, 15) is 14.9 Å². The molecule has 0 bridgehead atoms. The van der Waals surface area contributed by atoms with Crippen LogP contribution in [0.3, 0.4) is 0 Å². The number of thioether (sulfide) groups is 1. The highest BCUT2D eigenvalue weighted by molar-refractivity contribution is 8.13. The fraction of sp³-hybridized carbons (Fsp3) is 0.556. The highest BCUT2D eigenvalue weighted by Crippen LogP contribution is 2.61. The van der Waals surface area contributed by atoms with Crippen LogP contribution in [0.5, 0.6) is 0 Å². The molecular weight excluding hydrogens is 390 g/mol. The maximum atomic E-state index is 12.4. The third-order valence-electron chi connectivity index (χ3n) is 4.65. The van der Waals surface area contributed by atoms with Crippen LogP contribution < -0.4 is 0 Å². The summed E-state index contributed by atoms with van der Waals surface area (Å²) in [5.74, 6) is 1.07. The van der Waals surface area contributed by atoms with Crippen LogP contribution in [0.2, 0.25) is 5.02 Å². The average molecular weight is 412 g/mol. The fourth-order valence-electron chi connectivity index (χ4n) is 3.22. The number of ether oxygens (including phenoxy) is 1. The summed E-state index contributed by atoms with van der Waals surface area (Å²) in [5.41, 5.74) is -0.577. The largest absolute Gasteiger partial charge is 0.443 e. The number of carbonyl (C=O) groups excluding carboxylic acids is 1. The van der Waals surface area contributed by atoms with Crippen molar-refractivity contribution in [2.45, 2.75) is 44.8 Å². The van der Waals surface area contributed by atoms with E-state index in [1.807, 2.05) is 20.8 Å². The van der Waals surface area contributed by atoms with Crippen molar-refractivity contribution in [3.05, 3.63) is 38.9 Å². The van der Waals surface area contributed by atoms with Crippen molar-refractivity contribution in [3.8, 4) is 0 Å². The van der Waals surface area contributed by atoms with Crippen molar-refractivity contribution in [2.24, 2.45) is 10.9 Å². The van der Waals surface area contributed by atoms with E-state index >= 15 is 0 Å². The number of amidine groups is 1. The molecule has 1 amide bonds. The van der Waals surface area contributed by atoms with Crippen molar-refractivity contribution in [1.29, 1.82) is 0 Å². The Morgan fingerprint density at radius 2 is 2.19 bits per heavy atom. The Kier molecular flexibility index (Phi) is 5.16. The summed E-state index contributed by atoms with van der Waals surface area (Å²) in [4.78, 5) is 29.5. The van der Waals surface area contributed by atoms with Gasteiger partial charge in [0.2, 0.25) is 0 Å². The smallest absolute Gasteiger partial charge is 0.416 e. The van der Waals surface area contributed by atoms with Gasteiger partial charge in [0.25, 0.3) is 5.69 Å². The van der Waals surface area contributed by atoms with Crippen molar-refractivity contribution in [3.63, 3.8) is 0 Å². The second-order valence-corrected chi connectivity index (χ2v) is 9.29. The van der Waals surface area contributed by atoms with Crippen LogP contribution in [0.1, 0.15) is 39.2 Å². The van der Waals surface area contributed by atoms with Crippen LogP contribution in [0, 0.1) is 16.0 Å². The molecule has 1 aliphatic carbocycles. The average Bonchev–Trinajstić information content (AvgIpc) is 3.26. The Morgan fingerprint density at radius 3 is 2.81 bits per heavy atom. The topological polar surface area (TPSA) is 85.0 Å². The van der Waals surface area contributed by atoms with Gasteiger partial charge in [-0.05, 0) is 45.6 Å². The lowest BCUT2D eigenvalue weighted by atomic mass is 10.0. The first-order chi connectivity index (χ1) is 12.5. The monoisotopic (exact) mass is 411 g/mol. The Hall–Kier alpha value is -1.80. The lowest BCUT2D eigenvalue weighted by Gasteiger charge is -2.25. The third kappa shape index (κ3) is 4.06. The summed E-state index contributed by atoms with van der Waals surface area (Å²) in [6.45, 7) is 5.42. The van der Waals surface area contributed by atoms with E-state index in [2.05, 4.69) is 0 Å².